The topological polar surface area (TPSA) is 59.7 Å². The summed E-state index contributed by atoms with van der Waals surface area (Å²) < 4.78 is 11.3. The van der Waals surface area contributed by atoms with Gasteiger partial charge in [-0.3, -0.25) is 4.79 Å². The maximum Gasteiger partial charge on any atom is 0.311 e. The predicted molar refractivity (Wildman–Crippen MR) is 95.0 cm³/mol. The van der Waals surface area contributed by atoms with Crippen molar-refractivity contribution in [2.45, 2.75) is 45.4 Å². The van der Waals surface area contributed by atoms with Gasteiger partial charge < -0.3 is 14.3 Å². The van der Waals surface area contributed by atoms with Gasteiger partial charge in [0.25, 0.3) is 0 Å². The highest BCUT2D eigenvalue weighted by Gasteiger charge is 2.29. The monoisotopic (exact) mass is 338 g/mol. The number of furan rings is 1. The van der Waals surface area contributed by atoms with Gasteiger partial charge in [0.15, 0.2) is 5.76 Å². The molecule has 1 aliphatic heterocycles. The van der Waals surface area contributed by atoms with Gasteiger partial charge in [-0.2, -0.15) is 0 Å². The molecule has 0 bridgehead atoms. The minimum Gasteiger partial charge on any atom is -0.493 e. The van der Waals surface area contributed by atoms with E-state index >= 15 is 0 Å². The van der Waals surface area contributed by atoms with Crippen molar-refractivity contribution in [1.29, 1.82) is 0 Å². The molecule has 130 valence electrons. The van der Waals surface area contributed by atoms with Crippen molar-refractivity contribution in [3.8, 4) is 17.6 Å². The number of aliphatic carboxylic acids is 1. The molecule has 0 amide bonds. The molecule has 0 unspecified atom stereocenters. The highest BCUT2D eigenvalue weighted by Crippen LogP contribution is 2.39. The number of rotatable bonds is 3. The van der Waals surface area contributed by atoms with Crippen molar-refractivity contribution < 1.29 is 19.1 Å². The fourth-order valence-electron chi connectivity index (χ4n) is 3.05. The number of hydrogen-bond donors (Lipinski definition) is 1. The number of carboxylic acid groups (broad SMARTS) is 1. The van der Waals surface area contributed by atoms with Gasteiger partial charge in [0.2, 0.25) is 0 Å². The van der Waals surface area contributed by atoms with E-state index in [1.807, 2.05) is 0 Å². The zero-order valence-corrected chi connectivity index (χ0v) is 14.8. The van der Waals surface area contributed by atoms with E-state index in [0.29, 0.717) is 11.5 Å². The van der Waals surface area contributed by atoms with Crippen LogP contribution < -0.4 is 4.74 Å². The van der Waals surface area contributed by atoms with Gasteiger partial charge in [0.1, 0.15) is 17.9 Å². The fourth-order valence-corrected chi connectivity index (χ4v) is 3.05. The Bertz CT molecular complexity index is 862. The second kappa shape index (κ2) is 6.68. The van der Waals surface area contributed by atoms with Crippen molar-refractivity contribution in [1.82, 2.24) is 0 Å². The Hall–Kier alpha value is -2.67. The van der Waals surface area contributed by atoms with Crippen molar-refractivity contribution in [2.75, 3.05) is 6.61 Å². The molecule has 4 heteroatoms. The molecule has 0 radical (unpaired) electrons. The molecular weight excluding hydrogens is 316 g/mol. The fraction of sp³-hybridized carbons (Fsp3) is 0.381. The standard InChI is InChI=1S/C21H22O4/c1-4-14-12-19-18(21(2,3)9-10-24-19)11-15(14)5-6-16-7-8-17(25-16)13-20(22)23/h7-8,11-12H,4,9-10,13H2,1-3H3,(H,22,23). The maximum absolute atomic E-state index is 10.7. The lowest BCUT2D eigenvalue weighted by Crippen LogP contribution is -2.27. The van der Waals surface area contributed by atoms with Crippen molar-refractivity contribution >= 4 is 5.97 Å². The number of fused-ring (bicyclic) bond motifs is 1. The minimum absolute atomic E-state index is 0.0651. The van der Waals surface area contributed by atoms with Gasteiger partial charge in [-0.1, -0.05) is 26.7 Å². The molecule has 1 aliphatic rings. The van der Waals surface area contributed by atoms with Crippen LogP contribution in [0.1, 0.15) is 55.4 Å². The van der Waals surface area contributed by atoms with Gasteiger partial charge in [-0.25, -0.2) is 0 Å². The van der Waals surface area contributed by atoms with E-state index in [0.717, 1.165) is 36.3 Å². The lowest BCUT2D eigenvalue weighted by atomic mass is 9.78. The van der Waals surface area contributed by atoms with Crippen LogP contribution in [-0.4, -0.2) is 17.7 Å². The number of aryl methyl sites for hydroxylation is 1. The Balaban J connectivity index is 1.95. The highest BCUT2D eigenvalue weighted by molar-refractivity contribution is 5.69. The van der Waals surface area contributed by atoms with Crippen molar-refractivity contribution in [2.24, 2.45) is 0 Å². The Morgan fingerprint density at radius 2 is 2.08 bits per heavy atom. The lowest BCUT2D eigenvalue weighted by Gasteiger charge is -2.33. The molecule has 0 fully saturated rings. The predicted octanol–water partition coefficient (Wildman–Crippen LogP) is 3.93. The summed E-state index contributed by atoms with van der Waals surface area (Å²) in [4.78, 5) is 10.7. The Kier molecular flexibility index (Phi) is 4.59. The normalized spacial score (nSPS) is 14.8. The SMILES string of the molecule is CCc1cc2c(cc1C#Cc1ccc(CC(=O)O)o1)C(C)(C)CCO2. The van der Waals surface area contributed by atoms with Crippen LogP contribution in [0.4, 0.5) is 0 Å². The van der Waals surface area contributed by atoms with E-state index in [-0.39, 0.29) is 11.8 Å². The second-order valence-electron chi connectivity index (χ2n) is 6.93. The smallest absolute Gasteiger partial charge is 0.311 e. The molecule has 2 aromatic rings. The number of hydrogen-bond acceptors (Lipinski definition) is 3. The Morgan fingerprint density at radius 3 is 2.80 bits per heavy atom. The summed E-state index contributed by atoms with van der Waals surface area (Å²) in [7, 11) is 0. The van der Waals surface area contributed by atoms with Crippen LogP contribution in [0.5, 0.6) is 5.75 Å². The van der Waals surface area contributed by atoms with Gasteiger partial charge in [-0.05, 0) is 54.0 Å². The zero-order chi connectivity index (χ0) is 18.0. The van der Waals surface area contributed by atoms with E-state index in [4.69, 9.17) is 14.3 Å². The van der Waals surface area contributed by atoms with E-state index < -0.39 is 5.97 Å². The largest absolute Gasteiger partial charge is 0.493 e. The maximum atomic E-state index is 10.7. The van der Waals surface area contributed by atoms with E-state index in [1.54, 1.807) is 12.1 Å². The molecule has 2 heterocycles. The van der Waals surface area contributed by atoms with E-state index in [2.05, 4.69) is 44.7 Å². The molecule has 4 nitrogen and oxygen atoms in total. The molecule has 0 spiro atoms. The average molecular weight is 338 g/mol. The molecule has 1 aromatic heterocycles. The highest BCUT2D eigenvalue weighted by atomic mass is 16.5. The van der Waals surface area contributed by atoms with Gasteiger partial charge in [0, 0.05) is 11.1 Å². The third-order valence-electron chi connectivity index (χ3n) is 4.61. The first-order valence-corrected chi connectivity index (χ1v) is 8.52. The third kappa shape index (κ3) is 3.71. The summed E-state index contributed by atoms with van der Waals surface area (Å²) in [5, 5.41) is 8.81. The summed E-state index contributed by atoms with van der Waals surface area (Å²) in [6, 6.07) is 7.59. The number of carbonyl (C=O) groups is 1. The summed E-state index contributed by atoms with van der Waals surface area (Å²) in [5.74, 6) is 7.13. The molecule has 0 saturated heterocycles. The third-order valence-corrected chi connectivity index (χ3v) is 4.61. The first-order chi connectivity index (χ1) is 11.9. The molecular formula is C21H22O4. The number of ether oxygens (including phenoxy) is 1. The molecule has 3 rings (SSSR count). The van der Waals surface area contributed by atoms with Gasteiger partial charge in [-0.15, -0.1) is 0 Å². The summed E-state index contributed by atoms with van der Waals surface area (Å²) in [6.45, 7) is 7.29. The summed E-state index contributed by atoms with van der Waals surface area (Å²) in [6.07, 6.45) is 1.71. The first-order valence-electron chi connectivity index (χ1n) is 8.52. The van der Waals surface area contributed by atoms with Crippen molar-refractivity contribution in [3.63, 3.8) is 0 Å². The zero-order valence-electron chi connectivity index (χ0n) is 14.8. The van der Waals surface area contributed by atoms with E-state index in [1.165, 1.54) is 5.56 Å². The van der Waals surface area contributed by atoms with Gasteiger partial charge in [0.05, 0.1) is 6.61 Å². The number of benzene rings is 1. The molecule has 0 aliphatic carbocycles. The Morgan fingerprint density at radius 1 is 1.28 bits per heavy atom. The van der Waals surface area contributed by atoms with Crippen LogP contribution >= 0.6 is 0 Å². The molecule has 1 aromatic carbocycles. The van der Waals surface area contributed by atoms with Crippen LogP contribution in [0.2, 0.25) is 0 Å². The molecule has 1 N–H and O–H groups in total. The van der Waals surface area contributed by atoms with Gasteiger partial charge >= 0.3 is 5.97 Å². The van der Waals surface area contributed by atoms with Crippen LogP contribution in [-0.2, 0) is 23.1 Å². The molecule has 0 atom stereocenters. The quantitative estimate of drug-likeness (QED) is 0.862. The van der Waals surface area contributed by atoms with Crippen LogP contribution in [0, 0.1) is 11.8 Å². The summed E-state index contributed by atoms with van der Waals surface area (Å²) >= 11 is 0. The van der Waals surface area contributed by atoms with Crippen molar-refractivity contribution in [3.05, 3.63) is 52.5 Å². The average Bonchev–Trinajstić information content (AvgIpc) is 2.98. The molecule has 25 heavy (non-hydrogen) atoms. The first kappa shape index (κ1) is 17.2. The second-order valence-corrected chi connectivity index (χ2v) is 6.93. The lowest BCUT2D eigenvalue weighted by molar-refractivity contribution is -0.136. The van der Waals surface area contributed by atoms with Crippen LogP contribution in [0.3, 0.4) is 0 Å². The Labute approximate surface area is 147 Å². The van der Waals surface area contributed by atoms with E-state index in [9.17, 15) is 4.79 Å². The van der Waals surface area contributed by atoms with Crippen LogP contribution in [0.15, 0.2) is 28.7 Å². The van der Waals surface area contributed by atoms with Crippen LogP contribution in [0.25, 0.3) is 0 Å². The molecule has 0 saturated carbocycles. The number of carboxylic acids is 1. The minimum atomic E-state index is -0.918. The summed E-state index contributed by atoms with van der Waals surface area (Å²) in [5.41, 5.74) is 3.36.